The molecule has 3 N–H and O–H groups in total. The topological polar surface area (TPSA) is 75.4 Å². The zero-order valence-electron chi connectivity index (χ0n) is 10.2. The summed E-state index contributed by atoms with van der Waals surface area (Å²) in [5, 5.41) is 1.47. The lowest BCUT2D eigenvalue weighted by molar-refractivity contribution is 0.404. The Hall–Kier alpha value is -1.63. The van der Waals surface area contributed by atoms with Crippen LogP contribution < -0.4 is 11.2 Å². The highest BCUT2D eigenvalue weighted by molar-refractivity contribution is 7.89. The van der Waals surface area contributed by atoms with Crippen molar-refractivity contribution in [1.82, 2.24) is 9.84 Å². The molecule has 18 heavy (non-hydrogen) atoms. The molecule has 0 saturated carbocycles. The number of hydrazine groups is 1. The lowest BCUT2D eigenvalue weighted by atomic mass is 10.1. The van der Waals surface area contributed by atoms with E-state index in [4.69, 9.17) is 5.73 Å². The first-order chi connectivity index (χ1) is 8.48. The Bertz CT molecular complexity index is 683. The summed E-state index contributed by atoms with van der Waals surface area (Å²) < 4.78 is 25.8. The molecule has 0 bridgehead atoms. The minimum absolute atomic E-state index is 0.137. The van der Waals surface area contributed by atoms with E-state index in [1.807, 2.05) is 18.2 Å². The van der Waals surface area contributed by atoms with Gasteiger partial charge in [-0.1, -0.05) is 30.3 Å². The lowest BCUT2D eigenvalue weighted by Gasteiger charge is -2.18. The Morgan fingerprint density at radius 2 is 1.83 bits per heavy atom. The van der Waals surface area contributed by atoms with Crippen LogP contribution in [-0.2, 0) is 10.0 Å². The van der Waals surface area contributed by atoms with Crippen molar-refractivity contribution in [3.63, 3.8) is 0 Å². The van der Waals surface area contributed by atoms with Crippen molar-refractivity contribution in [2.75, 3.05) is 19.8 Å². The van der Waals surface area contributed by atoms with Crippen molar-refractivity contribution in [1.29, 1.82) is 0 Å². The van der Waals surface area contributed by atoms with Gasteiger partial charge in [-0.15, -0.1) is 4.41 Å². The van der Waals surface area contributed by atoms with Gasteiger partial charge in [0.1, 0.15) is 4.90 Å². The SMILES string of the molecule is CNN(C)S(=O)(=O)c1c(N)ccc2ccccc12. The molecule has 0 aromatic heterocycles. The number of nitrogens with one attached hydrogen (secondary N) is 1. The predicted molar refractivity (Wildman–Crippen MR) is 72.4 cm³/mol. The summed E-state index contributed by atoms with van der Waals surface area (Å²) >= 11 is 0. The van der Waals surface area contributed by atoms with Crippen LogP contribution in [0, 0.1) is 0 Å². The van der Waals surface area contributed by atoms with Gasteiger partial charge >= 0.3 is 0 Å². The molecule has 0 saturated heterocycles. The van der Waals surface area contributed by atoms with Gasteiger partial charge < -0.3 is 5.73 Å². The van der Waals surface area contributed by atoms with E-state index < -0.39 is 10.0 Å². The molecule has 2 rings (SSSR count). The molecule has 0 aliphatic rings. The standard InChI is InChI=1S/C12H15N3O2S/c1-14-15(2)18(16,17)12-10-6-4-3-5-9(10)7-8-11(12)13/h3-8,14H,13H2,1-2H3. The van der Waals surface area contributed by atoms with Gasteiger partial charge in [0.05, 0.1) is 5.69 Å². The largest absolute Gasteiger partial charge is 0.398 e. The maximum atomic E-state index is 12.4. The highest BCUT2D eigenvalue weighted by atomic mass is 32.2. The first-order valence-corrected chi connectivity index (χ1v) is 6.86. The molecule has 0 heterocycles. The van der Waals surface area contributed by atoms with Crippen LogP contribution in [0.3, 0.4) is 0 Å². The van der Waals surface area contributed by atoms with E-state index in [0.29, 0.717) is 5.39 Å². The van der Waals surface area contributed by atoms with E-state index in [-0.39, 0.29) is 10.6 Å². The summed E-state index contributed by atoms with van der Waals surface area (Å²) in [7, 11) is -0.668. The molecule has 96 valence electrons. The van der Waals surface area contributed by atoms with Crippen LogP contribution in [0.4, 0.5) is 5.69 Å². The Balaban J connectivity index is 2.82. The predicted octanol–water partition coefficient (Wildman–Crippen LogP) is 1.18. The van der Waals surface area contributed by atoms with Crippen LogP contribution >= 0.6 is 0 Å². The Kier molecular flexibility index (Phi) is 3.25. The molecule has 0 atom stereocenters. The van der Waals surface area contributed by atoms with E-state index >= 15 is 0 Å². The van der Waals surface area contributed by atoms with E-state index in [2.05, 4.69) is 5.43 Å². The van der Waals surface area contributed by atoms with Crippen molar-refractivity contribution < 1.29 is 8.42 Å². The fourth-order valence-corrected chi connectivity index (χ4v) is 3.15. The summed E-state index contributed by atoms with van der Waals surface area (Å²) in [5.41, 5.74) is 8.66. The lowest BCUT2D eigenvalue weighted by Crippen LogP contribution is -2.37. The summed E-state index contributed by atoms with van der Waals surface area (Å²) in [6, 6.07) is 10.7. The van der Waals surface area contributed by atoms with Crippen LogP contribution in [-0.4, -0.2) is 26.9 Å². The molecule has 2 aromatic rings. The fourth-order valence-electron chi connectivity index (χ4n) is 1.80. The molecule has 0 amide bonds. The van der Waals surface area contributed by atoms with Crippen molar-refractivity contribution in [2.24, 2.45) is 0 Å². The van der Waals surface area contributed by atoms with E-state index in [9.17, 15) is 8.42 Å². The smallest absolute Gasteiger partial charge is 0.258 e. The van der Waals surface area contributed by atoms with E-state index in [0.717, 1.165) is 9.80 Å². The van der Waals surface area contributed by atoms with Gasteiger partial charge in [0, 0.05) is 12.4 Å². The maximum absolute atomic E-state index is 12.4. The molecular formula is C12H15N3O2S. The van der Waals surface area contributed by atoms with Crippen LogP contribution in [0.2, 0.25) is 0 Å². The quantitative estimate of drug-likeness (QED) is 0.645. The number of rotatable bonds is 3. The molecule has 2 aromatic carbocycles. The number of nitrogen functional groups attached to an aromatic ring is 1. The Labute approximate surface area is 106 Å². The van der Waals surface area contributed by atoms with Gasteiger partial charge in [-0.3, -0.25) is 0 Å². The molecular weight excluding hydrogens is 250 g/mol. The molecule has 0 radical (unpaired) electrons. The molecule has 0 unspecified atom stereocenters. The molecule has 0 fully saturated rings. The van der Waals surface area contributed by atoms with Crippen molar-refractivity contribution in [3.8, 4) is 0 Å². The third-order valence-electron chi connectivity index (χ3n) is 2.84. The first-order valence-electron chi connectivity index (χ1n) is 5.42. The van der Waals surface area contributed by atoms with Crippen molar-refractivity contribution in [3.05, 3.63) is 36.4 Å². The number of sulfonamides is 1. The van der Waals surface area contributed by atoms with Gasteiger partial charge in [0.15, 0.2) is 0 Å². The zero-order chi connectivity index (χ0) is 13.3. The molecule has 0 aliphatic heterocycles. The second-order valence-corrected chi connectivity index (χ2v) is 5.81. The number of benzene rings is 2. The third kappa shape index (κ3) is 1.94. The van der Waals surface area contributed by atoms with Gasteiger partial charge in [0.2, 0.25) is 0 Å². The number of anilines is 1. The van der Waals surface area contributed by atoms with Crippen LogP contribution in [0.5, 0.6) is 0 Å². The van der Waals surface area contributed by atoms with E-state index in [1.165, 1.54) is 7.05 Å². The summed E-state index contributed by atoms with van der Waals surface area (Å²) in [4.78, 5) is 0.137. The Morgan fingerprint density at radius 3 is 2.50 bits per heavy atom. The molecule has 6 heteroatoms. The molecule has 5 nitrogen and oxygen atoms in total. The molecule has 0 spiro atoms. The summed E-state index contributed by atoms with van der Waals surface area (Å²) in [6.07, 6.45) is 0. The van der Waals surface area contributed by atoms with E-state index in [1.54, 1.807) is 25.2 Å². The average Bonchev–Trinajstić information content (AvgIpc) is 2.37. The zero-order valence-corrected chi connectivity index (χ0v) is 11.0. The van der Waals surface area contributed by atoms with Crippen LogP contribution in [0.15, 0.2) is 41.3 Å². The second-order valence-electron chi connectivity index (χ2n) is 3.90. The van der Waals surface area contributed by atoms with Gasteiger partial charge in [-0.25, -0.2) is 13.8 Å². The second kappa shape index (κ2) is 4.56. The third-order valence-corrected chi connectivity index (χ3v) is 4.72. The first kappa shape index (κ1) is 12.8. The van der Waals surface area contributed by atoms with Crippen LogP contribution in [0.1, 0.15) is 0 Å². The van der Waals surface area contributed by atoms with Gasteiger partial charge in [-0.2, -0.15) is 0 Å². The highest BCUT2D eigenvalue weighted by Crippen LogP contribution is 2.29. The molecule has 0 aliphatic carbocycles. The fraction of sp³-hybridized carbons (Fsp3) is 0.167. The number of nitrogens with two attached hydrogens (primary N) is 1. The summed E-state index contributed by atoms with van der Waals surface area (Å²) in [6.45, 7) is 0. The van der Waals surface area contributed by atoms with Gasteiger partial charge in [0.25, 0.3) is 10.0 Å². The number of hydrogen-bond acceptors (Lipinski definition) is 4. The highest BCUT2D eigenvalue weighted by Gasteiger charge is 2.24. The van der Waals surface area contributed by atoms with Crippen molar-refractivity contribution >= 4 is 26.5 Å². The minimum atomic E-state index is -3.65. The van der Waals surface area contributed by atoms with Gasteiger partial charge in [-0.05, 0) is 18.5 Å². The number of nitrogens with zero attached hydrogens (tertiary/aromatic N) is 1. The normalized spacial score (nSPS) is 12.2. The maximum Gasteiger partial charge on any atom is 0.258 e. The minimum Gasteiger partial charge on any atom is -0.398 e. The Morgan fingerprint density at radius 1 is 1.17 bits per heavy atom. The monoisotopic (exact) mass is 265 g/mol. The summed E-state index contributed by atoms with van der Waals surface area (Å²) in [5.74, 6) is 0. The van der Waals surface area contributed by atoms with Crippen LogP contribution in [0.25, 0.3) is 10.8 Å². The van der Waals surface area contributed by atoms with Crippen molar-refractivity contribution in [2.45, 2.75) is 4.90 Å². The number of fused-ring (bicyclic) bond motifs is 1. The average molecular weight is 265 g/mol. The number of hydrogen-bond donors (Lipinski definition) is 2.